The van der Waals surface area contributed by atoms with Gasteiger partial charge in [0.05, 0.1) is 0 Å². The summed E-state index contributed by atoms with van der Waals surface area (Å²) in [6, 6.07) is 5.00. The minimum absolute atomic E-state index is 0.316. The third kappa shape index (κ3) is 5.80. The lowest BCUT2D eigenvalue weighted by Gasteiger charge is -2.12. The van der Waals surface area contributed by atoms with Crippen molar-refractivity contribution in [1.82, 2.24) is 10.6 Å². The van der Waals surface area contributed by atoms with Crippen LogP contribution in [0.1, 0.15) is 17.3 Å². The van der Waals surface area contributed by atoms with Crippen molar-refractivity contribution in [3.05, 3.63) is 34.9 Å². The van der Waals surface area contributed by atoms with E-state index >= 15 is 0 Å². The van der Waals surface area contributed by atoms with E-state index in [0.29, 0.717) is 10.6 Å². The van der Waals surface area contributed by atoms with E-state index in [0.717, 1.165) is 0 Å². The van der Waals surface area contributed by atoms with Crippen LogP contribution in [0.3, 0.4) is 0 Å². The van der Waals surface area contributed by atoms with E-state index in [1.54, 1.807) is 5.32 Å². The fourth-order valence-corrected chi connectivity index (χ4v) is 1.50. The molecule has 22 heavy (non-hydrogen) atoms. The Morgan fingerprint density at radius 1 is 1.23 bits per heavy atom. The molecule has 8 nitrogen and oxygen atoms in total. The highest BCUT2D eigenvalue weighted by Crippen LogP contribution is 2.09. The first-order chi connectivity index (χ1) is 10.3. The Kier molecular flexibility index (Phi) is 6.33. The molecule has 0 radical (unpaired) electrons. The molecule has 0 spiro atoms. The molecule has 0 saturated heterocycles. The Labute approximate surface area is 130 Å². The number of nitrogens with two attached hydrogens (primary N) is 1. The molecule has 4 N–H and O–H groups in total. The average Bonchev–Trinajstić information content (AvgIpc) is 2.44. The number of esters is 1. The number of ether oxygens (including phenoxy) is 1. The molecule has 0 fully saturated rings. The smallest absolute Gasteiger partial charge is 0.326 e. The van der Waals surface area contributed by atoms with Gasteiger partial charge in [-0.3, -0.25) is 19.7 Å². The Morgan fingerprint density at radius 2 is 1.82 bits per heavy atom. The number of halogens is 1. The van der Waals surface area contributed by atoms with Gasteiger partial charge in [0.1, 0.15) is 6.54 Å². The van der Waals surface area contributed by atoms with E-state index in [2.05, 4.69) is 5.32 Å². The molecule has 0 saturated carbocycles. The number of urea groups is 1. The van der Waals surface area contributed by atoms with E-state index in [9.17, 15) is 19.2 Å². The van der Waals surface area contributed by atoms with Gasteiger partial charge in [-0.05, 0) is 31.2 Å². The SMILES string of the molecule is C[C@H](OC(=O)CNC(=O)c1ccc(Cl)cc1)C(=O)NC(N)=O. The number of hydrogen-bond acceptors (Lipinski definition) is 5. The molecule has 0 unspecified atom stereocenters. The van der Waals surface area contributed by atoms with Gasteiger partial charge in [-0.15, -0.1) is 0 Å². The minimum Gasteiger partial charge on any atom is -0.451 e. The zero-order valence-corrected chi connectivity index (χ0v) is 12.3. The third-order valence-corrected chi connectivity index (χ3v) is 2.68. The summed E-state index contributed by atoms with van der Waals surface area (Å²) in [4.78, 5) is 45.0. The Bertz CT molecular complexity index is 588. The summed E-state index contributed by atoms with van der Waals surface area (Å²) in [6.07, 6.45) is -1.22. The van der Waals surface area contributed by atoms with Crippen LogP contribution >= 0.6 is 11.6 Å². The van der Waals surface area contributed by atoms with Gasteiger partial charge in [-0.25, -0.2) is 4.79 Å². The monoisotopic (exact) mass is 327 g/mol. The standard InChI is InChI=1S/C13H14ClN3O5/c1-7(11(19)17-13(15)21)22-10(18)6-16-12(20)8-2-4-9(14)5-3-8/h2-5,7H,6H2,1H3,(H,16,20)(H3,15,17,19,21)/t7-/m0/s1. The van der Waals surface area contributed by atoms with Crippen LogP contribution in [0.5, 0.6) is 0 Å². The predicted molar refractivity (Wildman–Crippen MR) is 77.1 cm³/mol. The molecule has 1 atom stereocenters. The molecule has 1 aromatic carbocycles. The van der Waals surface area contributed by atoms with Gasteiger partial charge in [-0.1, -0.05) is 11.6 Å². The Hall–Kier alpha value is -2.61. The number of primary amides is 1. The summed E-state index contributed by atoms with van der Waals surface area (Å²) in [5.41, 5.74) is 5.07. The maximum Gasteiger partial charge on any atom is 0.326 e. The van der Waals surface area contributed by atoms with Crippen LogP contribution in [0.4, 0.5) is 4.79 Å². The number of benzene rings is 1. The third-order valence-electron chi connectivity index (χ3n) is 2.42. The second kappa shape index (κ2) is 7.99. The van der Waals surface area contributed by atoms with Crippen LogP contribution in [-0.4, -0.2) is 36.5 Å². The van der Waals surface area contributed by atoms with Crippen LogP contribution < -0.4 is 16.4 Å². The normalized spacial score (nSPS) is 11.2. The highest BCUT2D eigenvalue weighted by Gasteiger charge is 2.19. The summed E-state index contributed by atoms with van der Waals surface area (Å²) in [6.45, 7) is 0.826. The molecular weight excluding hydrogens is 314 g/mol. The van der Waals surface area contributed by atoms with Crippen molar-refractivity contribution in [3.8, 4) is 0 Å². The van der Waals surface area contributed by atoms with Crippen molar-refractivity contribution in [2.75, 3.05) is 6.54 Å². The Balaban J connectivity index is 2.42. The van der Waals surface area contributed by atoms with E-state index in [1.165, 1.54) is 31.2 Å². The Morgan fingerprint density at radius 3 is 2.36 bits per heavy atom. The first-order valence-corrected chi connectivity index (χ1v) is 6.51. The number of amides is 4. The number of carbonyl (C=O) groups is 4. The van der Waals surface area contributed by atoms with Crippen LogP contribution in [0.25, 0.3) is 0 Å². The quantitative estimate of drug-likeness (QED) is 0.665. The van der Waals surface area contributed by atoms with Crippen LogP contribution in [0.2, 0.25) is 5.02 Å². The van der Waals surface area contributed by atoms with Crippen molar-refractivity contribution in [2.45, 2.75) is 13.0 Å². The van der Waals surface area contributed by atoms with Crippen LogP contribution in [0, 0.1) is 0 Å². The molecule has 0 bridgehead atoms. The van der Waals surface area contributed by atoms with Gasteiger partial charge in [0.2, 0.25) is 0 Å². The second-order valence-electron chi connectivity index (χ2n) is 4.18. The zero-order valence-electron chi connectivity index (χ0n) is 11.6. The molecule has 0 aromatic heterocycles. The number of rotatable bonds is 5. The first kappa shape index (κ1) is 17.4. The van der Waals surface area contributed by atoms with Gasteiger partial charge in [-0.2, -0.15) is 0 Å². The maximum absolute atomic E-state index is 11.7. The number of hydrogen-bond donors (Lipinski definition) is 3. The summed E-state index contributed by atoms with van der Waals surface area (Å²) in [5, 5.41) is 4.57. The van der Waals surface area contributed by atoms with Crippen LogP contribution in [-0.2, 0) is 14.3 Å². The van der Waals surface area contributed by atoms with Crippen molar-refractivity contribution in [2.24, 2.45) is 5.73 Å². The number of imide groups is 1. The predicted octanol–water partition coefficient (Wildman–Crippen LogP) is 0.196. The number of nitrogens with one attached hydrogen (secondary N) is 2. The van der Waals surface area contributed by atoms with Gasteiger partial charge in [0, 0.05) is 10.6 Å². The number of carbonyl (C=O) groups excluding carboxylic acids is 4. The van der Waals surface area contributed by atoms with Gasteiger partial charge >= 0.3 is 12.0 Å². The zero-order chi connectivity index (χ0) is 16.7. The lowest BCUT2D eigenvalue weighted by molar-refractivity contribution is -0.153. The van der Waals surface area contributed by atoms with Crippen molar-refractivity contribution in [3.63, 3.8) is 0 Å². The van der Waals surface area contributed by atoms with Gasteiger partial charge in [0.15, 0.2) is 6.10 Å². The fraction of sp³-hybridized carbons (Fsp3) is 0.231. The van der Waals surface area contributed by atoms with E-state index in [4.69, 9.17) is 22.1 Å². The molecule has 118 valence electrons. The van der Waals surface area contributed by atoms with E-state index < -0.39 is 36.5 Å². The molecule has 0 aliphatic rings. The van der Waals surface area contributed by atoms with Crippen LogP contribution in [0.15, 0.2) is 24.3 Å². The summed E-state index contributed by atoms with van der Waals surface area (Å²) < 4.78 is 4.72. The molecule has 1 aromatic rings. The van der Waals surface area contributed by atoms with Crippen molar-refractivity contribution >= 4 is 35.4 Å². The van der Waals surface area contributed by atoms with Gasteiger partial charge < -0.3 is 15.8 Å². The lowest BCUT2D eigenvalue weighted by Crippen LogP contribution is -2.43. The molecule has 9 heteroatoms. The van der Waals surface area contributed by atoms with Crippen molar-refractivity contribution in [1.29, 1.82) is 0 Å². The topological polar surface area (TPSA) is 128 Å². The molecule has 0 heterocycles. The molecule has 0 aliphatic heterocycles. The second-order valence-corrected chi connectivity index (χ2v) is 4.61. The largest absolute Gasteiger partial charge is 0.451 e. The van der Waals surface area contributed by atoms with Crippen molar-refractivity contribution < 1.29 is 23.9 Å². The highest BCUT2D eigenvalue weighted by molar-refractivity contribution is 6.30. The fourth-order valence-electron chi connectivity index (χ4n) is 1.37. The lowest BCUT2D eigenvalue weighted by atomic mass is 10.2. The molecular formula is C13H14ClN3O5. The van der Waals surface area contributed by atoms with E-state index in [1.807, 2.05) is 0 Å². The molecule has 0 aliphatic carbocycles. The summed E-state index contributed by atoms with van der Waals surface area (Å²) in [7, 11) is 0. The van der Waals surface area contributed by atoms with Gasteiger partial charge in [0.25, 0.3) is 11.8 Å². The summed E-state index contributed by atoms with van der Waals surface area (Å²) in [5.74, 6) is -2.19. The van der Waals surface area contributed by atoms with E-state index in [-0.39, 0.29) is 0 Å². The first-order valence-electron chi connectivity index (χ1n) is 6.13. The average molecular weight is 328 g/mol. The highest BCUT2D eigenvalue weighted by atomic mass is 35.5. The molecule has 1 rings (SSSR count). The summed E-state index contributed by atoms with van der Waals surface area (Å²) >= 11 is 5.69. The maximum atomic E-state index is 11.7. The minimum atomic E-state index is -1.22. The molecule has 4 amide bonds.